The molecular weight excluding hydrogens is 356 g/mol. The quantitative estimate of drug-likeness (QED) is 0.776. The van der Waals surface area contributed by atoms with E-state index >= 15 is 0 Å². The van der Waals surface area contributed by atoms with Gasteiger partial charge in [0.1, 0.15) is 11.0 Å². The third-order valence-corrected chi connectivity index (χ3v) is 5.31. The van der Waals surface area contributed by atoms with Crippen LogP contribution in [0.4, 0.5) is 0 Å². The summed E-state index contributed by atoms with van der Waals surface area (Å²) < 4.78 is 0.687. The highest BCUT2D eigenvalue weighted by Crippen LogP contribution is 2.32. The van der Waals surface area contributed by atoms with Gasteiger partial charge in [0, 0.05) is 5.38 Å². The van der Waals surface area contributed by atoms with Crippen LogP contribution >= 0.6 is 34.3 Å². The molecule has 124 valence electrons. The summed E-state index contributed by atoms with van der Waals surface area (Å²) in [5.41, 5.74) is 0.626. The molecule has 0 radical (unpaired) electrons. The van der Waals surface area contributed by atoms with Crippen LogP contribution in [0.2, 0.25) is 4.34 Å². The van der Waals surface area contributed by atoms with Gasteiger partial charge >= 0.3 is 5.97 Å². The molecule has 1 amide bonds. The molecule has 0 aliphatic rings. The van der Waals surface area contributed by atoms with Gasteiger partial charge in [-0.05, 0) is 24.5 Å². The van der Waals surface area contributed by atoms with Gasteiger partial charge in [-0.25, -0.2) is 9.78 Å². The predicted molar refractivity (Wildman–Crippen MR) is 93.2 cm³/mol. The first-order valence-corrected chi connectivity index (χ1v) is 9.15. The highest BCUT2D eigenvalue weighted by atomic mass is 35.5. The fourth-order valence-electron chi connectivity index (χ4n) is 2.03. The van der Waals surface area contributed by atoms with E-state index in [0.717, 1.165) is 9.88 Å². The third kappa shape index (κ3) is 5.30. The number of rotatable bonds is 7. The average Bonchev–Trinajstić information content (AvgIpc) is 3.06. The van der Waals surface area contributed by atoms with Crippen molar-refractivity contribution in [2.75, 3.05) is 0 Å². The lowest BCUT2D eigenvalue weighted by Gasteiger charge is -2.16. The second kappa shape index (κ2) is 7.90. The summed E-state index contributed by atoms with van der Waals surface area (Å²) in [5, 5.41) is 14.3. The minimum absolute atomic E-state index is 0.0669. The zero-order chi connectivity index (χ0) is 17.0. The molecule has 8 heteroatoms. The average molecular weight is 373 g/mol. The zero-order valence-electron chi connectivity index (χ0n) is 12.7. The minimum atomic E-state index is -1.01. The summed E-state index contributed by atoms with van der Waals surface area (Å²) in [6.07, 6.45) is 0.467. The van der Waals surface area contributed by atoms with E-state index in [1.807, 2.05) is 19.9 Å². The lowest BCUT2D eigenvalue weighted by molar-refractivity contribution is -0.142. The van der Waals surface area contributed by atoms with Crippen LogP contribution in [0.25, 0.3) is 9.88 Å². The van der Waals surface area contributed by atoms with Gasteiger partial charge in [-0.2, -0.15) is 0 Å². The van der Waals surface area contributed by atoms with Gasteiger partial charge in [0.05, 0.1) is 21.3 Å². The van der Waals surface area contributed by atoms with Crippen molar-refractivity contribution in [2.45, 2.75) is 32.7 Å². The fraction of sp³-hybridized carbons (Fsp3) is 0.400. The van der Waals surface area contributed by atoms with Crippen molar-refractivity contribution >= 4 is 46.2 Å². The van der Waals surface area contributed by atoms with Crippen LogP contribution in [0.5, 0.6) is 0 Å². The lowest BCUT2D eigenvalue weighted by atomic mass is 10.0. The molecule has 2 rings (SSSR count). The van der Waals surface area contributed by atoms with E-state index in [0.29, 0.717) is 16.5 Å². The maximum absolute atomic E-state index is 12.0. The zero-order valence-corrected chi connectivity index (χ0v) is 15.1. The summed E-state index contributed by atoms with van der Waals surface area (Å²) in [6.45, 7) is 3.84. The Hall–Kier alpha value is -1.44. The molecule has 0 saturated carbocycles. The number of carbonyl (C=O) groups is 2. The summed E-state index contributed by atoms with van der Waals surface area (Å²) >= 11 is 8.77. The minimum Gasteiger partial charge on any atom is -0.480 e. The van der Waals surface area contributed by atoms with Crippen molar-refractivity contribution in [3.05, 3.63) is 27.5 Å². The molecule has 0 bridgehead atoms. The van der Waals surface area contributed by atoms with E-state index in [2.05, 4.69) is 10.3 Å². The first-order chi connectivity index (χ1) is 10.8. The van der Waals surface area contributed by atoms with Crippen molar-refractivity contribution in [3.8, 4) is 9.88 Å². The number of carboxylic acid groups (broad SMARTS) is 1. The van der Waals surface area contributed by atoms with Crippen molar-refractivity contribution in [1.82, 2.24) is 10.3 Å². The normalized spacial score (nSPS) is 12.3. The number of hydrogen-bond acceptors (Lipinski definition) is 5. The summed E-state index contributed by atoms with van der Waals surface area (Å²) in [4.78, 5) is 28.6. The van der Waals surface area contributed by atoms with Crippen molar-refractivity contribution < 1.29 is 14.7 Å². The Balaban J connectivity index is 1.97. The maximum atomic E-state index is 12.0. The maximum Gasteiger partial charge on any atom is 0.326 e. The molecule has 0 fully saturated rings. The molecule has 0 aromatic carbocycles. The molecule has 0 aliphatic carbocycles. The Morgan fingerprint density at radius 2 is 2.13 bits per heavy atom. The second-order valence-corrected chi connectivity index (χ2v) is 8.09. The number of nitrogens with zero attached hydrogens (tertiary/aromatic N) is 1. The van der Waals surface area contributed by atoms with Crippen molar-refractivity contribution in [3.63, 3.8) is 0 Å². The molecule has 23 heavy (non-hydrogen) atoms. The summed E-state index contributed by atoms with van der Waals surface area (Å²) in [7, 11) is 0. The molecule has 1 atom stereocenters. The Labute approximate surface area is 147 Å². The summed E-state index contributed by atoms with van der Waals surface area (Å²) in [6, 6.07) is 2.83. The van der Waals surface area contributed by atoms with Gasteiger partial charge in [0.2, 0.25) is 5.91 Å². The highest BCUT2D eigenvalue weighted by molar-refractivity contribution is 7.23. The van der Waals surface area contributed by atoms with Gasteiger partial charge in [-0.1, -0.05) is 25.4 Å². The molecule has 0 aliphatic heterocycles. The predicted octanol–water partition coefficient (Wildman–Crippen LogP) is 3.68. The Morgan fingerprint density at radius 3 is 2.70 bits per heavy atom. The first kappa shape index (κ1) is 17.9. The van der Waals surface area contributed by atoms with E-state index in [9.17, 15) is 9.59 Å². The van der Waals surface area contributed by atoms with Crippen molar-refractivity contribution in [1.29, 1.82) is 0 Å². The molecular formula is C15H17ClN2O3S2. The van der Waals surface area contributed by atoms with E-state index in [1.165, 1.54) is 22.7 Å². The lowest BCUT2D eigenvalue weighted by Crippen LogP contribution is -2.42. The number of nitrogens with one attached hydrogen (secondary N) is 1. The van der Waals surface area contributed by atoms with Crippen LogP contribution in [0.3, 0.4) is 0 Å². The first-order valence-electron chi connectivity index (χ1n) is 7.07. The molecule has 5 nitrogen and oxygen atoms in total. The number of thiazole rings is 1. The number of aliphatic carboxylic acids is 1. The Kier molecular flexibility index (Phi) is 6.15. The molecule has 0 saturated heterocycles. The third-order valence-electron chi connectivity index (χ3n) is 3.02. The monoisotopic (exact) mass is 372 g/mol. The number of aromatic nitrogens is 1. The van der Waals surface area contributed by atoms with Gasteiger partial charge < -0.3 is 10.4 Å². The number of carboxylic acids is 1. The number of thiophene rings is 1. The molecule has 2 N–H and O–H groups in total. The number of halogens is 1. The topological polar surface area (TPSA) is 79.3 Å². The van der Waals surface area contributed by atoms with Crippen LogP contribution < -0.4 is 5.32 Å². The van der Waals surface area contributed by atoms with Crippen molar-refractivity contribution in [2.24, 2.45) is 5.92 Å². The second-order valence-electron chi connectivity index (χ2n) is 5.51. The highest BCUT2D eigenvalue weighted by Gasteiger charge is 2.21. The van der Waals surface area contributed by atoms with Crippen LogP contribution in [0.15, 0.2) is 17.5 Å². The summed E-state index contributed by atoms with van der Waals surface area (Å²) in [5.74, 6) is -1.16. The van der Waals surface area contributed by atoms with Gasteiger partial charge in [-0.3, -0.25) is 4.79 Å². The van der Waals surface area contributed by atoms with Gasteiger partial charge in [-0.15, -0.1) is 22.7 Å². The van der Waals surface area contributed by atoms with E-state index in [-0.39, 0.29) is 18.2 Å². The van der Waals surface area contributed by atoms with Gasteiger partial charge in [0.15, 0.2) is 0 Å². The SMILES string of the molecule is CC(C)CC(NC(=O)Cc1csc(-c2ccc(Cl)s2)n1)C(=O)O. The molecule has 0 spiro atoms. The Bertz CT molecular complexity index is 696. The molecule has 2 heterocycles. The van der Waals surface area contributed by atoms with Crippen LogP contribution in [-0.4, -0.2) is 28.0 Å². The number of hydrogen-bond donors (Lipinski definition) is 2. The molecule has 2 aromatic heterocycles. The fourth-order valence-corrected chi connectivity index (χ4v) is 3.97. The largest absolute Gasteiger partial charge is 0.480 e. The number of amides is 1. The van der Waals surface area contributed by atoms with Crippen LogP contribution in [0.1, 0.15) is 26.0 Å². The van der Waals surface area contributed by atoms with Crippen LogP contribution in [-0.2, 0) is 16.0 Å². The van der Waals surface area contributed by atoms with Crippen LogP contribution in [0, 0.1) is 5.92 Å². The van der Waals surface area contributed by atoms with E-state index in [4.69, 9.17) is 16.7 Å². The van der Waals surface area contributed by atoms with E-state index < -0.39 is 12.0 Å². The van der Waals surface area contributed by atoms with Gasteiger partial charge in [0.25, 0.3) is 0 Å². The number of carbonyl (C=O) groups excluding carboxylic acids is 1. The van der Waals surface area contributed by atoms with E-state index in [1.54, 1.807) is 11.4 Å². The standard InChI is InChI=1S/C15H17ClN2O3S2/c1-8(2)5-10(15(20)21)18-13(19)6-9-7-22-14(17-9)11-3-4-12(16)23-11/h3-4,7-8,10H,5-6H2,1-2H3,(H,18,19)(H,20,21). The molecule has 2 aromatic rings. The molecule has 1 unspecified atom stereocenters. The Morgan fingerprint density at radius 1 is 1.39 bits per heavy atom. The smallest absolute Gasteiger partial charge is 0.326 e.